The summed E-state index contributed by atoms with van der Waals surface area (Å²) in [5.41, 5.74) is 4.54. The van der Waals surface area contributed by atoms with Crippen molar-refractivity contribution in [1.29, 1.82) is 0 Å². The molecule has 1 unspecified atom stereocenters. The van der Waals surface area contributed by atoms with Gasteiger partial charge in [-0.1, -0.05) is 19.1 Å². The highest BCUT2D eigenvalue weighted by Gasteiger charge is 2.33. The number of nitrogens with zero attached hydrogens (tertiary/aromatic N) is 1. The summed E-state index contributed by atoms with van der Waals surface area (Å²) < 4.78 is 0. The van der Waals surface area contributed by atoms with Gasteiger partial charge in [0.25, 0.3) is 0 Å². The van der Waals surface area contributed by atoms with E-state index in [2.05, 4.69) is 56.2 Å². The molecule has 2 heteroatoms. The van der Waals surface area contributed by atoms with Crippen LogP contribution in [0.2, 0.25) is 0 Å². The zero-order valence-corrected chi connectivity index (χ0v) is 11.7. The molecule has 1 N–H and O–H groups in total. The predicted molar refractivity (Wildman–Crippen MR) is 74.7 cm³/mol. The van der Waals surface area contributed by atoms with Gasteiger partial charge in [-0.25, -0.2) is 0 Å². The highest BCUT2D eigenvalue weighted by atomic mass is 15.2. The number of nitrogens with one attached hydrogen (secondary N) is 1. The summed E-state index contributed by atoms with van der Waals surface area (Å²) in [6.07, 6.45) is 1.22. The molecule has 17 heavy (non-hydrogen) atoms. The Bertz CT molecular complexity index is 409. The lowest BCUT2D eigenvalue weighted by molar-refractivity contribution is 0.395. The molecule has 0 aliphatic carbocycles. The van der Waals surface area contributed by atoms with Crippen LogP contribution < -0.4 is 10.2 Å². The third-order valence-corrected chi connectivity index (χ3v) is 4.08. The van der Waals surface area contributed by atoms with Gasteiger partial charge in [-0.15, -0.1) is 0 Å². The molecule has 0 amide bonds. The zero-order valence-electron chi connectivity index (χ0n) is 11.7. The van der Waals surface area contributed by atoms with Gasteiger partial charge in [-0.3, -0.25) is 0 Å². The Morgan fingerprint density at radius 2 is 2.12 bits per heavy atom. The first-order valence-corrected chi connectivity index (χ1v) is 6.47. The Kier molecular flexibility index (Phi) is 3.17. The van der Waals surface area contributed by atoms with Crippen LogP contribution in [0.4, 0.5) is 5.69 Å². The topological polar surface area (TPSA) is 15.3 Å². The second-order valence-corrected chi connectivity index (χ2v) is 5.90. The molecule has 1 heterocycles. The number of benzene rings is 1. The lowest BCUT2D eigenvalue weighted by Crippen LogP contribution is -2.45. The maximum atomic E-state index is 3.22. The molecule has 1 aromatic rings. The summed E-state index contributed by atoms with van der Waals surface area (Å²) in [6.45, 7) is 7.95. The van der Waals surface area contributed by atoms with E-state index in [1.165, 1.54) is 23.2 Å². The second-order valence-electron chi connectivity index (χ2n) is 5.90. The summed E-state index contributed by atoms with van der Waals surface area (Å²) in [5, 5.41) is 3.22. The smallest absolute Gasteiger partial charge is 0.0403 e. The maximum absolute atomic E-state index is 3.22. The van der Waals surface area contributed by atoms with E-state index in [1.54, 1.807) is 0 Å². The lowest BCUT2D eigenvalue weighted by Gasteiger charge is -2.45. The first-order chi connectivity index (χ1) is 7.95. The van der Waals surface area contributed by atoms with Gasteiger partial charge < -0.3 is 10.2 Å². The Labute approximate surface area is 105 Å². The van der Waals surface area contributed by atoms with Crippen molar-refractivity contribution in [3.63, 3.8) is 0 Å². The van der Waals surface area contributed by atoms with Crippen molar-refractivity contribution >= 4 is 5.69 Å². The fourth-order valence-electron chi connectivity index (χ4n) is 2.94. The molecule has 1 aliphatic heterocycles. The minimum absolute atomic E-state index is 0.261. The minimum Gasteiger partial charge on any atom is -0.369 e. The lowest BCUT2D eigenvalue weighted by atomic mass is 9.80. The second kappa shape index (κ2) is 4.34. The van der Waals surface area contributed by atoms with Gasteiger partial charge in [0, 0.05) is 24.8 Å². The molecule has 0 fully saturated rings. The monoisotopic (exact) mass is 232 g/mol. The van der Waals surface area contributed by atoms with Gasteiger partial charge in [0.15, 0.2) is 0 Å². The van der Waals surface area contributed by atoms with Crippen molar-refractivity contribution in [3.05, 3.63) is 29.3 Å². The summed E-state index contributed by atoms with van der Waals surface area (Å²) in [5.74, 6) is 0.646. The summed E-state index contributed by atoms with van der Waals surface area (Å²) >= 11 is 0. The molecule has 2 nitrogen and oxygen atoms in total. The fraction of sp³-hybridized carbons (Fsp3) is 0.600. The molecule has 0 radical (unpaired) electrons. The van der Waals surface area contributed by atoms with Crippen LogP contribution in [0, 0.1) is 0 Å². The van der Waals surface area contributed by atoms with Crippen LogP contribution in [0.3, 0.4) is 0 Å². The zero-order chi connectivity index (χ0) is 12.6. The van der Waals surface area contributed by atoms with Crippen LogP contribution >= 0.6 is 0 Å². The van der Waals surface area contributed by atoms with Gasteiger partial charge in [0.1, 0.15) is 0 Å². The number of rotatable bonds is 2. The standard InChI is InChI=1S/C15H24N2/c1-11-9-15(2,3)17(5)14-7-6-12(10-16-4)8-13(11)14/h6-8,11,16H,9-10H2,1-5H3. The first-order valence-electron chi connectivity index (χ1n) is 6.47. The van der Waals surface area contributed by atoms with Gasteiger partial charge in [0.2, 0.25) is 0 Å². The molecule has 1 aliphatic rings. The minimum atomic E-state index is 0.261. The highest BCUT2D eigenvalue weighted by molar-refractivity contribution is 5.60. The van der Waals surface area contributed by atoms with Crippen molar-refractivity contribution in [2.75, 3.05) is 19.0 Å². The highest BCUT2D eigenvalue weighted by Crippen LogP contribution is 2.42. The Morgan fingerprint density at radius 1 is 1.41 bits per heavy atom. The van der Waals surface area contributed by atoms with E-state index in [1.807, 2.05) is 7.05 Å². The van der Waals surface area contributed by atoms with Crippen LogP contribution in [0.1, 0.15) is 44.2 Å². The van der Waals surface area contributed by atoms with E-state index in [0.29, 0.717) is 5.92 Å². The Balaban J connectivity index is 2.42. The van der Waals surface area contributed by atoms with Crippen LogP contribution in [-0.4, -0.2) is 19.6 Å². The van der Waals surface area contributed by atoms with Crippen LogP contribution in [0.5, 0.6) is 0 Å². The van der Waals surface area contributed by atoms with Crippen molar-refractivity contribution in [2.24, 2.45) is 0 Å². The van der Waals surface area contributed by atoms with Crippen LogP contribution in [0.25, 0.3) is 0 Å². The molecule has 0 aromatic heterocycles. The van der Waals surface area contributed by atoms with E-state index in [0.717, 1.165) is 6.54 Å². The third-order valence-electron chi connectivity index (χ3n) is 4.08. The van der Waals surface area contributed by atoms with E-state index < -0.39 is 0 Å². The summed E-state index contributed by atoms with van der Waals surface area (Å²) in [7, 11) is 4.21. The molecule has 0 bridgehead atoms. The fourth-order valence-corrected chi connectivity index (χ4v) is 2.94. The summed E-state index contributed by atoms with van der Waals surface area (Å²) in [4.78, 5) is 2.42. The molecule has 2 rings (SSSR count). The average molecular weight is 232 g/mol. The molecule has 1 aromatic carbocycles. The van der Waals surface area contributed by atoms with Crippen molar-refractivity contribution in [3.8, 4) is 0 Å². The van der Waals surface area contributed by atoms with Crippen LogP contribution in [0.15, 0.2) is 18.2 Å². The molecule has 0 spiro atoms. The normalized spacial score (nSPS) is 22.4. The SMILES string of the molecule is CNCc1ccc2c(c1)C(C)CC(C)(C)N2C. The average Bonchev–Trinajstić information content (AvgIpc) is 2.26. The number of hydrogen-bond acceptors (Lipinski definition) is 2. The Morgan fingerprint density at radius 3 is 2.76 bits per heavy atom. The Hall–Kier alpha value is -1.02. The van der Waals surface area contributed by atoms with E-state index in [9.17, 15) is 0 Å². The molecule has 0 saturated heterocycles. The van der Waals surface area contributed by atoms with E-state index in [-0.39, 0.29) is 5.54 Å². The molecule has 94 valence electrons. The van der Waals surface area contributed by atoms with Gasteiger partial charge in [-0.05, 0) is 50.4 Å². The predicted octanol–water partition coefficient (Wildman–Crippen LogP) is 3.13. The largest absolute Gasteiger partial charge is 0.369 e. The molecule has 0 saturated carbocycles. The quantitative estimate of drug-likeness (QED) is 0.843. The van der Waals surface area contributed by atoms with Crippen molar-refractivity contribution in [1.82, 2.24) is 5.32 Å². The van der Waals surface area contributed by atoms with Crippen molar-refractivity contribution in [2.45, 2.75) is 45.2 Å². The third kappa shape index (κ3) is 2.19. The van der Waals surface area contributed by atoms with Gasteiger partial charge in [0.05, 0.1) is 0 Å². The molecule has 1 atom stereocenters. The van der Waals surface area contributed by atoms with Gasteiger partial charge >= 0.3 is 0 Å². The molecular formula is C15H24N2. The van der Waals surface area contributed by atoms with E-state index >= 15 is 0 Å². The van der Waals surface area contributed by atoms with Gasteiger partial charge in [-0.2, -0.15) is 0 Å². The first kappa shape index (κ1) is 12.4. The molecular weight excluding hydrogens is 208 g/mol. The summed E-state index contributed by atoms with van der Waals surface area (Å²) in [6, 6.07) is 6.88. The number of anilines is 1. The maximum Gasteiger partial charge on any atom is 0.0403 e. The van der Waals surface area contributed by atoms with Crippen molar-refractivity contribution < 1.29 is 0 Å². The van der Waals surface area contributed by atoms with E-state index in [4.69, 9.17) is 0 Å². The van der Waals surface area contributed by atoms with Crippen LogP contribution in [-0.2, 0) is 6.54 Å². The number of hydrogen-bond donors (Lipinski definition) is 1. The number of fused-ring (bicyclic) bond motifs is 1.